The molecule has 0 bridgehead atoms. The molecular formula is C13H18N4O3. The van der Waals surface area contributed by atoms with Crippen LogP contribution in [-0.4, -0.2) is 36.0 Å². The van der Waals surface area contributed by atoms with Crippen molar-refractivity contribution < 1.29 is 14.0 Å². The smallest absolute Gasteiger partial charge is 0.243 e. The molecule has 0 aromatic carbocycles. The van der Waals surface area contributed by atoms with E-state index < -0.39 is 0 Å². The molecule has 0 fully saturated rings. The summed E-state index contributed by atoms with van der Waals surface area (Å²) in [5.74, 6) is 1.59. The van der Waals surface area contributed by atoms with Crippen molar-refractivity contribution in [2.45, 2.75) is 18.9 Å². The van der Waals surface area contributed by atoms with Crippen LogP contribution in [0.15, 0.2) is 22.9 Å². The lowest BCUT2D eigenvalue weighted by Crippen LogP contribution is -2.13. The standard InChI is InChI=1S/C13H18N4O3/c1-18-6-5-10(14)13-16-11(17-20-13)7-9-3-4-12(19-2)15-8-9/h3-4,8,10H,5-7,14H2,1-2H3. The van der Waals surface area contributed by atoms with Crippen LogP contribution < -0.4 is 10.5 Å². The van der Waals surface area contributed by atoms with Crippen molar-refractivity contribution >= 4 is 0 Å². The number of hydrogen-bond donors (Lipinski definition) is 1. The van der Waals surface area contributed by atoms with E-state index in [2.05, 4.69) is 15.1 Å². The summed E-state index contributed by atoms with van der Waals surface area (Å²) in [7, 11) is 3.21. The normalized spacial score (nSPS) is 12.3. The Labute approximate surface area is 117 Å². The van der Waals surface area contributed by atoms with Crippen LogP contribution in [0.2, 0.25) is 0 Å². The van der Waals surface area contributed by atoms with Gasteiger partial charge in [-0.1, -0.05) is 11.2 Å². The molecule has 20 heavy (non-hydrogen) atoms. The number of nitrogens with two attached hydrogens (primary N) is 1. The predicted octanol–water partition coefficient (Wildman–Crippen LogP) is 1.10. The van der Waals surface area contributed by atoms with Crippen molar-refractivity contribution in [3.63, 3.8) is 0 Å². The highest BCUT2D eigenvalue weighted by Gasteiger charge is 2.14. The molecule has 2 heterocycles. The van der Waals surface area contributed by atoms with Gasteiger partial charge in [-0.25, -0.2) is 4.98 Å². The lowest BCUT2D eigenvalue weighted by molar-refractivity contribution is 0.182. The maximum atomic E-state index is 5.92. The third-order valence-corrected chi connectivity index (χ3v) is 2.80. The first kappa shape index (κ1) is 14.4. The summed E-state index contributed by atoms with van der Waals surface area (Å²) in [6.07, 6.45) is 2.90. The molecule has 0 saturated heterocycles. The zero-order valence-electron chi connectivity index (χ0n) is 11.6. The zero-order valence-corrected chi connectivity index (χ0v) is 11.6. The summed E-state index contributed by atoms with van der Waals surface area (Å²) >= 11 is 0. The number of hydrogen-bond acceptors (Lipinski definition) is 7. The van der Waals surface area contributed by atoms with Crippen LogP contribution >= 0.6 is 0 Å². The monoisotopic (exact) mass is 278 g/mol. The molecule has 1 atom stereocenters. The summed E-state index contributed by atoms with van der Waals surface area (Å²) in [4.78, 5) is 8.41. The SMILES string of the molecule is COCCC(N)c1nc(Cc2ccc(OC)nc2)no1. The van der Waals surface area contributed by atoms with E-state index in [1.165, 1.54) is 0 Å². The molecule has 2 aromatic heterocycles. The third-order valence-electron chi connectivity index (χ3n) is 2.80. The zero-order chi connectivity index (χ0) is 14.4. The van der Waals surface area contributed by atoms with Gasteiger partial charge in [0.2, 0.25) is 11.8 Å². The lowest BCUT2D eigenvalue weighted by atomic mass is 10.2. The summed E-state index contributed by atoms with van der Waals surface area (Å²) < 4.78 is 15.1. The van der Waals surface area contributed by atoms with E-state index in [-0.39, 0.29) is 6.04 Å². The molecular weight excluding hydrogens is 260 g/mol. The summed E-state index contributed by atoms with van der Waals surface area (Å²) in [5, 5.41) is 3.92. The molecule has 2 aromatic rings. The molecule has 7 nitrogen and oxygen atoms in total. The van der Waals surface area contributed by atoms with Gasteiger partial charge in [0.25, 0.3) is 0 Å². The number of methoxy groups -OCH3 is 2. The highest BCUT2D eigenvalue weighted by Crippen LogP contribution is 2.14. The van der Waals surface area contributed by atoms with E-state index in [1.54, 1.807) is 26.5 Å². The number of ether oxygens (including phenoxy) is 2. The first-order chi connectivity index (χ1) is 9.72. The minimum atomic E-state index is -0.301. The molecule has 0 aliphatic rings. The van der Waals surface area contributed by atoms with Crippen molar-refractivity contribution in [1.82, 2.24) is 15.1 Å². The molecule has 0 saturated carbocycles. The second-order valence-electron chi connectivity index (χ2n) is 4.32. The van der Waals surface area contributed by atoms with Crippen molar-refractivity contribution in [3.8, 4) is 5.88 Å². The van der Waals surface area contributed by atoms with Crippen LogP contribution in [0.5, 0.6) is 5.88 Å². The van der Waals surface area contributed by atoms with Crippen LogP contribution in [0, 0.1) is 0 Å². The van der Waals surface area contributed by atoms with Gasteiger partial charge in [-0.05, 0) is 12.0 Å². The van der Waals surface area contributed by atoms with Crippen LogP contribution in [-0.2, 0) is 11.2 Å². The Balaban J connectivity index is 1.97. The van der Waals surface area contributed by atoms with Crippen molar-refractivity contribution in [2.24, 2.45) is 5.73 Å². The first-order valence-corrected chi connectivity index (χ1v) is 6.29. The maximum absolute atomic E-state index is 5.92. The molecule has 0 aliphatic carbocycles. The first-order valence-electron chi connectivity index (χ1n) is 6.29. The largest absolute Gasteiger partial charge is 0.481 e. The average molecular weight is 278 g/mol. The van der Waals surface area contributed by atoms with E-state index in [0.29, 0.717) is 37.0 Å². The Bertz CT molecular complexity index is 527. The number of rotatable bonds is 7. The lowest BCUT2D eigenvalue weighted by Gasteiger charge is -2.04. The van der Waals surface area contributed by atoms with Gasteiger partial charge in [0.1, 0.15) is 0 Å². The predicted molar refractivity (Wildman–Crippen MR) is 71.3 cm³/mol. The van der Waals surface area contributed by atoms with Gasteiger partial charge in [0, 0.05) is 32.4 Å². The van der Waals surface area contributed by atoms with E-state index >= 15 is 0 Å². The number of aromatic nitrogens is 3. The third kappa shape index (κ3) is 3.75. The quantitative estimate of drug-likeness (QED) is 0.810. The highest BCUT2D eigenvalue weighted by atomic mass is 16.5. The fourth-order valence-corrected chi connectivity index (χ4v) is 1.68. The highest BCUT2D eigenvalue weighted by molar-refractivity contribution is 5.20. The van der Waals surface area contributed by atoms with E-state index in [1.807, 2.05) is 6.07 Å². The van der Waals surface area contributed by atoms with Crippen LogP contribution in [0.4, 0.5) is 0 Å². The summed E-state index contributed by atoms with van der Waals surface area (Å²) in [5.41, 5.74) is 6.90. The molecule has 7 heteroatoms. The fraction of sp³-hybridized carbons (Fsp3) is 0.462. The Morgan fingerprint density at radius 2 is 2.20 bits per heavy atom. The van der Waals surface area contributed by atoms with Crippen molar-refractivity contribution in [3.05, 3.63) is 35.6 Å². The van der Waals surface area contributed by atoms with Gasteiger partial charge in [-0.15, -0.1) is 0 Å². The fourth-order valence-electron chi connectivity index (χ4n) is 1.68. The summed E-state index contributed by atoms with van der Waals surface area (Å²) in [6.45, 7) is 0.557. The Kier molecular flexibility index (Phi) is 5.03. The average Bonchev–Trinajstić information content (AvgIpc) is 2.94. The van der Waals surface area contributed by atoms with Gasteiger partial charge < -0.3 is 19.7 Å². The van der Waals surface area contributed by atoms with E-state index in [0.717, 1.165) is 5.56 Å². The molecule has 0 amide bonds. The van der Waals surface area contributed by atoms with Crippen LogP contribution in [0.25, 0.3) is 0 Å². The summed E-state index contributed by atoms with van der Waals surface area (Å²) in [6, 6.07) is 3.40. The van der Waals surface area contributed by atoms with Crippen LogP contribution in [0.3, 0.4) is 0 Å². The molecule has 0 radical (unpaired) electrons. The van der Waals surface area contributed by atoms with Crippen LogP contribution in [0.1, 0.15) is 29.7 Å². The van der Waals surface area contributed by atoms with E-state index in [9.17, 15) is 0 Å². The molecule has 1 unspecified atom stereocenters. The molecule has 0 aliphatic heterocycles. The van der Waals surface area contributed by atoms with Crippen molar-refractivity contribution in [1.29, 1.82) is 0 Å². The Morgan fingerprint density at radius 3 is 2.85 bits per heavy atom. The van der Waals surface area contributed by atoms with Crippen molar-refractivity contribution in [2.75, 3.05) is 20.8 Å². The molecule has 2 rings (SSSR count). The molecule has 0 spiro atoms. The number of nitrogens with zero attached hydrogens (tertiary/aromatic N) is 3. The van der Waals surface area contributed by atoms with Gasteiger partial charge >= 0.3 is 0 Å². The second kappa shape index (κ2) is 6.97. The van der Waals surface area contributed by atoms with Gasteiger partial charge in [-0.3, -0.25) is 0 Å². The molecule has 2 N–H and O–H groups in total. The van der Waals surface area contributed by atoms with Gasteiger partial charge in [0.05, 0.1) is 13.2 Å². The molecule has 108 valence electrons. The number of pyridine rings is 1. The van der Waals surface area contributed by atoms with E-state index in [4.69, 9.17) is 19.7 Å². The van der Waals surface area contributed by atoms with Gasteiger partial charge in [0.15, 0.2) is 5.82 Å². The maximum Gasteiger partial charge on any atom is 0.243 e. The Hall–Kier alpha value is -1.99. The second-order valence-corrected chi connectivity index (χ2v) is 4.32. The minimum Gasteiger partial charge on any atom is -0.481 e. The Morgan fingerprint density at radius 1 is 1.35 bits per heavy atom. The topological polar surface area (TPSA) is 96.3 Å². The van der Waals surface area contributed by atoms with Gasteiger partial charge in [-0.2, -0.15) is 4.98 Å². The minimum absolute atomic E-state index is 0.301.